The molecule has 3 aromatic rings. The zero-order chi connectivity index (χ0) is 17.4. The van der Waals surface area contributed by atoms with Crippen LogP contribution in [0.4, 0.5) is 20.3 Å². The van der Waals surface area contributed by atoms with Crippen LogP contribution in [0.25, 0.3) is 11.4 Å². The molecule has 0 saturated carbocycles. The molecule has 0 bridgehead atoms. The van der Waals surface area contributed by atoms with E-state index in [0.29, 0.717) is 11.6 Å². The molecule has 0 saturated heterocycles. The van der Waals surface area contributed by atoms with Crippen molar-refractivity contribution in [1.82, 2.24) is 9.97 Å². The summed E-state index contributed by atoms with van der Waals surface area (Å²) in [5.41, 5.74) is 2.70. The van der Waals surface area contributed by atoms with E-state index in [2.05, 4.69) is 15.3 Å². The third-order valence-corrected chi connectivity index (χ3v) is 5.13. The van der Waals surface area contributed by atoms with E-state index in [9.17, 15) is 8.78 Å². The highest BCUT2D eigenvalue weighted by Gasteiger charge is 2.22. The Morgan fingerprint density at radius 2 is 1.80 bits per heavy atom. The quantitative estimate of drug-likeness (QED) is 0.608. The Kier molecular flexibility index (Phi) is 4.31. The van der Waals surface area contributed by atoms with Crippen molar-refractivity contribution in [3.8, 4) is 11.4 Å². The second kappa shape index (κ2) is 6.61. The van der Waals surface area contributed by atoms with Crippen LogP contribution in [0, 0.1) is 11.6 Å². The molecule has 1 aliphatic rings. The van der Waals surface area contributed by atoms with Gasteiger partial charge in [-0.25, -0.2) is 18.7 Å². The molecule has 0 unspecified atom stereocenters. The van der Waals surface area contributed by atoms with Gasteiger partial charge in [0.2, 0.25) is 0 Å². The molecule has 0 atom stereocenters. The number of aromatic nitrogens is 2. The largest absolute Gasteiger partial charge is 0.340 e. The normalized spacial score (nSPS) is 12.9. The predicted molar refractivity (Wildman–Crippen MR) is 97.1 cm³/mol. The van der Waals surface area contributed by atoms with Crippen LogP contribution >= 0.6 is 23.4 Å². The van der Waals surface area contributed by atoms with Crippen molar-refractivity contribution in [1.29, 1.82) is 0 Å². The van der Waals surface area contributed by atoms with E-state index in [1.165, 1.54) is 0 Å². The first-order valence-electron chi connectivity index (χ1n) is 7.56. The molecular formula is C18H12ClF2N3S. The van der Waals surface area contributed by atoms with Crippen LogP contribution in [-0.4, -0.2) is 9.97 Å². The molecule has 7 heteroatoms. The van der Waals surface area contributed by atoms with Gasteiger partial charge in [-0.1, -0.05) is 29.8 Å². The highest BCUT2D eigenvalue weighted by Crippen LogP contribution is 2.36. The summed E-state index contributed by atoms with van der Waals surface area (Å²) in [6, 6.07) is 11.6. The van der Waals surface area contributed by atoms with Gasteiger partial charge in [-0.15, -0.1) is 0 Å². The Balaban J connectivity index is 1.83. The van der Waals surface area contributed by atoms with Crippen LogP contribution in [0.2, 0.25) is 5.02 Å². The van der Waals surface area contributed by atoms with E-state index in [0.717, 1.165) is 34.8 Å². The maximum absolute atomic E-state index is 14.3. The highest BCUT2D eigenvalue weighted by atomic mass is 35.5. The standard InChI is InChI=1S/C18H12ClF2N3S/c19-13-7-14(20)11(6-15(13)21)17-23-16-9-25-8-12(16)18(24-17)22-10-4-2-1-3-5-10/h1-7H,8-9H2,(H,22,23,24). The average molecular weight is 376 g/mol. The number of para-hydroxylation sites is 1. The Morgan fingerprint density at radius 3 is 2.60 bits per heavy atom. The van der Waals surface area contributed by atoms with Gasteiger partial charge in [-0.3, -0.25) is 0 Å². The first kappa shape index (κ1) is 16.3. The molecule has 0 fully saturated rings. The van der Waals surface area contributed by atoms with Crippen LogP contribution in [0.5, 0.6) is 0 Å². The third-order valence-electron chi connectivity index (χ3n) is 3.87. The van der Waals surface area contributed by atoms with Gasteiger partial charge < -0.3 is 5.32 Å². The van der Waals surface area contributed by atoms with E-state index >= 15 is 0 Å². The molecule has 1 aliphatic heterocycles. The van der Waals surface area contributed by atoms with Crippen molar-refractivity contribution >= 4 is 34.9 Å². The van der Waals surface area contributed by atoms with Gasteiger partial charge in [-0.2, -0.15) is 11.8 Å². The monoisotopic (exact) mass is 375 g/mol. The first-order chi connectivity index (χ1) is 12.1. The van der Waals surface area contributed by atoms with Crippen LogP contribution in [0.3, 0.4) is 0 Å². The van der Waals surface area contributed by atoms with E-state index in [4.69, 9.17) is 11.6 Å². The zero-order valence-corrected chi connectivity index (χ0v) is 14.5. The van der Waals surface area contributed by atoms with Gasteiger partial charge in [0, 0.05) is 22.8 Å². The van der Waals surface area contributed by atoms with Gasteiger partial charge in [0.15, 0.2) is 5.82 Å². The number of hydrogen-bond donors (Lipinski definition) is 1. The molecule has 2 heterocycles. The zero-order valence-electron chi connectivity index (χ0n) is 12.9. The summed E-state index contributed by atoms with van der Waals surface area (Å²) >= 11 is 7.34. The van der Waals surface area contributed by atoms with Crippen molar-refractivity contribution in [2.45, 2.75) is 11.5 Å². The van der Waals surface area contributed by atoms with Crippen molar-refractivity contribution in [3.05, 3.63) is 70.4 Å². The molecule has 25 heavy (non-hydrogen) atoms. The number of fused-ring (bicyclic) bond motifs is 1. The summed E-state index contributed by atoms with van der Waals surface area (Å²) < 4.78 is 28.1. The molecule has 0 radical (unpaired) electrons. The lowest BCUT2D eigenvalue weighted by Gasteiger charge is -2.12. The average Bonchev–Trinajstić information content (AvgIpc) is 3.08. The minimum atomic E-state index is -0.700. The number of nitrogens with one attached hydrogen (secondary N) is 1. The van der Waals surface area contributed by atoms with Crippen LogP contribution in [0.1, 0.15) is 11.3 Å². The summed E-state index contributed by atoms with van der Waals surface area (Å²) in [6.45, 7) is 0. The Bertz CT molecular complexity index is 951. The number of nitrogens with zero attached hydrogens (tertiary/aromatic N) is 2. The second-order valence-electron chi connectivity index (χ2n) is 5.55. The fraction of sp³-hybridized carbons (Fsp3) is 0.111. The van der Waals surface area contributed by atoms with Crippen LogP contribution < -0.4 is 5.32 Å². The van der Waals surface area contributed by atoms with Crippen LogP contribution in [-0.2, 0) is 11.5 Å². The number of rotatable bonds is 3. The lowest BCUT2D eigenvalue weighted by Crippen LogP contribution is -2.04. The molecule has 1 aromatic heterocycles. The van der Waals surface area contributed by atoms with Crippen molar-refractivity contribution in [2.24, 2.45) is 0 Å². The molecule has 0 aliphatic carbocycles. The minimum Gasteiger partial charge on any atom is -0.340 e. The second-order valence-corrected chi connectivity index (χ2v) is 6.94. The predicted octanol–water partition coefficient (Wildman–Crippen LogP) is 5.57. The summed E-state index contributed by atoms with van der Waals surface area (Å²) in [7, 11) is 0. The molecule has 0 spiro atoms. The third kappa shape index (κ3) is 3.19. The lowest BCUT2D eigenvalue weighted by atomic mass is 10.1. The molecule has 0 amide bonds. The molecule has 4 rings (SSSR count). The SMILES string of the molecule is Fc1cc(-c2nc3c(c(Nc4ccccc4)n2)CSC3)c(F)cc1Cl. The fourth-order valence-electron chi connectivity index (χ4n) is 2.63. The number of hydrogen-bond acceptors (Lipinski definition) is 4. The fourth-order valence-corrected chi connectivity index (χ4v) is 3.82. The van der Waals surface area contributed by atoms with E-state index in [1.807, 2.05) is 30.3 Å². The van der Waals surface area contributed by atoms with E-state index in [-0.39, 0.29) is 16.4 Å². The van der Waals surface area contributed by atoms with Crippen LogP contribution in [0.15, 0.2) is 42.5 Å². The first-order valence-corrected chi connectivity index (χ1v) is 9.09. The summed E-state index contributed by atoms with van der Waals surface area (Å²) in [6.07, 6.45) is 0. The van der Waals surface area contributed by atoms with Crippen molar-refractivity contribution in [2.75, 3.05) is 5.32 Å². The molecule has 3 nitrogen and oxygen atoms in total. The van der Waals surface area contributed by atoms with Gasteiger partial charge in [0.05, 0.1) is 16.3 Å². The highest BCUT2D eigenvalue weighted by molar-refractivity contribution is 7.98. The van der Waals surface area contributed by atoms with Crippen molar-refractivity contribution in [3.63, 3.8) is 0 Å². The Hall–Kier alpha value is -2.18. The minimum absolute atomic E-state index is 0.00212. The Labute approximate surface area is 152 Å². The maximum Gasteiger partial charge on any atom is 0.164 e. The molecule has 2 aromatic carbocycles. The number of thioether (sulfide) groups is 1. The molecule has 126 valence electrons. The topological polar surface area (TPSA) is 37.8 Å². The number of anilines is 2. The lowest BCUT2D eigenvalue weighted by molar-refractivity contribution is 0.602. The van der Waals surface area contributed by atoms with Gasteiger partial charge in [-0.05, 0) is 24.3 Å². The van der Waals surface area contributed by atoms with Gasteiger partial charge in [0.25, 0.3) is 0 Å². The smallest absolute Gasteiger partial charge is 0.164 e. The summed E-state index contributed by atoms with van der Waals surface area (Å²) in [5, 5.41) is 2.99. The van der Waals surface area contributed by atoms with Gasteiger partial charge >= 0.3 is 0 Å². The Morgan fingerprint density at radius 1 is 1.00 bits per heavy atom. The van der Waals surface area contributed by atoms with Crippen molar-refractivity contribution < 1.29 is 8.78 Å². The number of benzene rings is 2. The molecule has 1 N–H and O–H groups in total. The van der Waals surface area contributed by atoms with E-state index < -0.39 is 11.6 Å². The summed E-state index contributed by atoms with van der Waals surface area (Å²) in [4.78, 5) is 8.89. The molecular weight excluding hydrogens is 364 g/mol. The van der Waals surface area contributed by atoms with E-state index in [1.54, 1.807) is 11.8 Å². The summed E-state index contributed by atoms with van der Waals surface area (Å²) in [5.74, 6) is 0.907. The van der Waals surface area contributed by atoms with Gasteiger partial charge in [0.1, 0.15) is 17.5 Å². The maximum atomic E-state index is 14.3. The number of halogens is 3.